The van der Waals surface area contributed by atoms with Gasteiger partial charge in [0, 0.05) is 25.5 Å². The molecule has 7 nitrogen and oxygen atoms in total. The fourth-order valence-corrected chi connectivity index (χ4v) is 1.83. The van der Waals surface area contributed by atoms with Crippen LogP contribution in [-0.2, 0) is 0 Å². The molecule has 1 aliphatic rings. The molecule has 3 rings (SSSR count). The molecule has 7 heteroatoms. The van der Waals surface area contributed by atoms with Crippen molar-refractivity contribution >= 4 is 23.0 Å². The smallest absolute Gasteiger partial charge is 0.341 e. The zero-order chi connectivity index (χ0) is 12.7. The summed E-state index contributed by atoms with van der Waals surface area (Å²) in [5.41, 5.74) is -0.504. The first-order chi connectivity index (χ1) is 8.66. The Balaban J connectivity index is 2.16. The summed E-state index contributed by atoms with van der Waals surface area (Å²) in [6, 6.07) is 0. The summed E-state index contributed by atoms with van der Waals surface area (Å²) in [7, 11) is 0. The number of pyridine rings is 1. The highest BCUT2D eigenvalue weighted by Gasteiger charge is 2.19. The molecule has 0 aliphatic carbocycles. The minimum absolute atomic E-state index is 0.194. The predicted molar refractivity (Wildman–Crippen MR) is 63.9 cm³/mol. The van der Waals surface area contributed by atoms with Crippen molar-refractivity contribution in [2.45, 2.75) is 6.42 Å². The van der Waals surface area contributed by atoms with Crippen molar-refractivity contribution in [2.75, 3.05) is 18.0 Å². The summed E-state index contributed by atoms with van der Waals surface area (Å²) < 4.78 is 0. The van der Waals surface area contributed by atoms with Gasteiger partial charge in [-0.1, -0.05) is 0 Å². The van der Waals surface area contributed by atoms with Crippen LogP contribution in [0.15, 0.2) is 17.2 Å². The molecule has 0 amide bonds. The molecule has 0 unspecified atom stereocenters. The average Bonchev–Trinajstić information content (AvgIpc) is 2.26. The van der Waals surface area contributed by atoms with Gasteiger partial charge in [0.05, 0.1) is 5.39 Å². The normalized spacial score (nSPS) is 14.6. The van der Waals surface area contributed by atoms with Crippen LogP contribution >= 0.6 is 0 Å². The molecule has 0 aromatic carbocycles. The van der Waals surface area contributed by atoms with Crippen molar-refractivity contribution in [1.82, 2.24) is 15.0 Å². The van der Waals surface area contributed by atoms with E-state index in [1.165, 1.54) is 12.4 Å². The Labute approximate surface area is 101 Å². The number of aromatic carboxylic acids is 1. The largest absolute Gasteiger partial charge is 0.477 e. The van der Waals surface area contributed by atoms with E-state index in [4.69, 9.17) is 5.11 Å². The van der Waals surface area contributed by atoms with Gasteiger partial charge in [0.1, 0.15) is 11.2 Å². The highest BCUT2D eigenvalue weighted by molar-refractivity contribution is 5.91. The molecule has 3 heterocycles. The lowest BCUT2D eigenvalue weighted by molar-refractivity contribution is 0.0695. The van der Waals surface area contributed by atoms with E-state index in [2.05, 4.69) is 15.0 Å². The molecule has 1 fully saturated rings. The molecule has 0 saturated carbocycles. The second-order valence-electron chi connectivity index (χ2n) is 4.11. The van der Waals surface area contributed by atoms with Crippen molar-refractivity contribution in [1.29, 1.82) is 0 Å². The van der Waals surface area contributed by atoms with Gasteiger partial charge in [0.15, 0.2) is 0 Å². The Hall–Kier alpha value is -2.44. The number of rotatable bonds is 2. The molecule has 1 saturated heterocycles. The van der Waals surface area contributed by atoms with E-state index < -0.39 is 11.4 Å². The summed E-state index contributed by atoms with van der Waals surface area (Å²) in [5, 5.41) is 9.04. The molecule has 2 N–H and O–H groups in total. The molecule has 18 heavy (non-hydrogen) atoms. The highest BCUT2D eigenvalue weighted by atomic mass is 16.4. The number of nitrogens with one attached hydrogen (secondary N) is 1. The van der Waals surface area contributed by atoms with Crippen LogP contribution in [-0.4, -0.2) is 39.1 Å². The van der Waals surface area contributed by atoms with Gasteiger partial charge < -0.3 is 15.0 Å². The van der Waals surface area contributed by atoms with E-state index in [1.807, 2.05) is 4.90 Å². The van der Waals surface area contributed by atoms with Crippen molar-refractivity contribution in [2.24, 2.45) is 0 Å². The van der Waals surface area contributed by atoms with Crippen LogP contribution in [0.4, 0.5) is 5.95 Å². The quantitative estimate of drug-likeness (QED) is 0.786. The molecular formula is C11H10N4O3. The number of H-pyrrole nitrogens is 1. The van der Waals surface area contributed by atoms with E-state index in [-0.39, 0.29) is 10.9 Å². The van der Waals surface area contributed by atoms with Crippen molar-refractivity contribution in [3.05, 3.63) is 28.2 Å². The summed E-state index contributed by atoms with van der Waals surface area (Å²) in [5.74, 6) is -0.697. The molecular weight excluding hydrogens is 236 g/mol. The van der Waals surface area contributed by atoms with Crippen molar-refractivity contribution in [3.8, 4) is 0 Å². The molecule has 0 radical (unpaired) electrons. The summed E-state index contributed by atoms with van der Waals surface area (Å²) >= 11 is 0. The Bertz CT molecular complexity index is 690. The van der Waals surface area contributed by atoms with Gasteiger partial charge in [0.25, 0.3) is 0 Å². The highest BCUT2D eigenvalue weighted by Crippen LogP contribution is 2.16. The summed E-state index contributed by atoms with van der Waals surface area (Å²) in [6.45, 7) is 1.81. The minimum Gasteiger partial charge on any atom is -0.477 e. The predicted octanol–water partition coefficient (Wildman–Crippen LogP) is 0.226. The third kappa shape index (κ3) is 1.52. The van der Waals surface area contributed by atoms with Crippen LogP contribution in [0.25, 0.3) is 11.0 Å². The van der Waals surface area contributed by atoms with E-state index in [0.29, 0.717) is 11.6 Å². The van der Waals surface area contributed by atoms with Gasteiger partial charge in [-0.25, -0.2) is 9.78 Å². The maximum Gasteiger partial charge on any atom is 0.341 e. The monoisotopic (exact) mass is 246 g/mol. The lowest BCUT2D eigenvalue weighted by Crippen LogP contribution is -2.38. The van der Waals surface area contributed by atoms with Crippen molar-refractivity contribution < 1.29 is 9.90 Å². The first-order valence-corrected chi connectivity index (χ1v) is 5.53. The number of carbonyl (C=O) groups is 1. The fraction of sp³-hybridized carbons (Fsp3) is 0.273. The van der Waals surface area contributed by atoms with E-state index in [1.54, 1.807) is 0 Å². The lowest BCUT2D eigenvalue weighted by Gasteiger charge is -2.30. The number of anilines is 1. The zero-order valence-corrected chi connectivity index (χ0v) is 9.38. The first-order valence-electron chi connectivity index (χ1n) is 5.53. The molecule has 92 valence electrons. The number of aromatic nitrogens is 3. The first kappa shape index (κ1) is 10.7. The van der Waals surface area contributed by atoms with Crippen LogP contribution in [0, 0.1) is 0 Å². The van der Waals surface area contributed by atoms with Crippen LogP contribution in [0.3, 0.4) is 0 Å². The maximum absolute atomic E-state index is 11.8. The van der Waals surface area contributed by atoms with E-state index in [0.717, 1.165) is 19.5 Å². The number of fused-ring (bicyclic) bond motifs is 1. The fourth-order valence-electron chi connectivity index (χ4n) is 1.83. The van der Waals surface area contributed by atoms with Crippen LogP contribution in [0.1, 0.15) is 16.8 Å². The van der Waals surface area contributed by atoms with Gasteiger partial charge in [-0.3, -0.25) is 4.79 Å². The average molecular weight is 246 g/mol. The summed E-state index contributed by atoms with van der Waals surface area (Å²) in [4.78, 5) is 35.7. The number of carboxylic acid groups (broad SMARTS) is 1. The third-order valence-corrected chi connectivity index (χ3v) is 2.99. The molecule has 1 aliphatic heterocycles. The topological polar surface area (TPSA) is 99.2 Å². The van der Waals surface area contributed by atoms with Crippen LogP contribution in [0.5, 0.6) is 0 Å². The number of aromatic amines is 1. The second-order valence-corrected chi connectivity index (χ2v) is 4.11. The van der Waals surface area contributed by atoms with Gasteiger partial charge in [-0.15, -0.1) is 0 Å². The zero-order valence-electron chi connectivity index (χ0n) is 9.38. The number of hydrogen-bond donors (Lipinski definition) is 2. The van der Waals surface area contributed by atoms with Gasteiger partial charge >= 0.3 is 5.97 Å². The maximum atomic E-state index is 11.8. The Morgan fingerprint density at radius 1 is 1.44 bits per heavy atom. The van der Waals surface area contributed by atoms with Crippen LogP contribution in [0.2, 0.25) is 0 Å². The van der Waals surface area contributed by atoms with Gasteiger partial charge in [-0.05, 0) is 6.42 Å². The number of carboxylic acids is 1. The number of hydrogen-bond acceptors (Lipinski definition) is 5. The Morgan fingerprint density at radius 2 is 2.22 bits per heavy atom. The van der Waals surface area contributed by atoms with Gasteiger partial charge in [-0.2, -0.15) is 4.98 Å². The molecule has 0 atom stereocenters. The van der Waals surface area contributed by atoms with E-state index >= 15 is 0 Å². The summed E-state index contributed by atoms with van der Waals surface area (Å²) in [6.07, 6.45) is 3.65. The Morgan fingerprint density at radius 3 is 2.83 bits per heavy atom. The molecule has 0 bridgehead atoms. The Kier molecular flexibility index (Phi) is 2.26. The van der Waals surface area contributed by atoms with Crippen molar-refractivity contribution in [3.63, 3.8) is 0 Å². The number of nitrogens with zero attached hydrogens (tertiary/aromatic N) is 3. The SMILES string of the molecule is O=C(O)c1c[nH]c2nc(N3CCC3)ncc2c1=O. The van der Waals surface area contributed by atoms with E-state index in [9.17, 15) is 9.59 Å². The molecule has 2 aromatic heterocycles. The van der Waals surface area contributed by atoms with Gasteiger partial charge in [0.2, 0.25) is 11.4 Å². The minimum atomic E-state index is -1.26. The molecule has 0 spiro atoms. The molecule has 2 aromatic rings. The second kappa shape index (κ2) is 3.80. The lowest BCUT2D eigenvalue weighted by atomic mass is 10.2. The van der Waals surface area contributed by atoms with Crippen LogP contribution < -0.4 is 10.3 Å². The standard InChI is InChI=1S/C11H10N4O3/c16-8-6-4-13-11(15-2-1-3-15)14-9(6)12-5-7(8)10(17)18/h4-5H,1-3H2,(H,17,18)(H,12,13,14,16). The third-order valence-electron chi connectivity index (χ3n) is 2.99.